The molecular weight excluding hydrogens is 442 g/mol. The fourth-order valence-corrected chi connectivity index (χ4v) is 4.91. The van der Waals surface area contributed by atoms with Gasteiger partial charge < -0.3 is 15.0 Å². The second-order valence-electron chi connectivity index (χ2n) is 6.58. The molecule has 0 spiro atoms. The number of nitrogens with two attached hydrogens (primary N) is 1. The number of aryl methyl sites for hydroxylation is 1. The molecule has 0 radical (unpaired) electrons. The molecule has 3 rings (SSSR count). The highest BCUT2D eigenvalue weighted by molar-refractivity contribution is 7.99. The van der Waals surface area contributed by atoms with Crippen LogP contribution in [0.5, 0.6) is 0 Å². The largest absolute Gasteiger partial charge is 0.468 e. The number of thioether (sulfide) groups is 1. The van der Waals surface area contributed by atoms with Crippen LogP contribution in [0.15, 0.2) is 35.7 Å². The maximum absolute atomic E-state index is 11.9. The van der Waals surface area contributed by atoms with Gasteiger partial charge in [-0.2, -0.15) is 0 Å². The number of esters is 1. The minimum atomic E-state index is -0.471. The number of halogens is 1. The van der Waals surface area contributed by atoms with Gasteiger partial charge >= 0.3 is 5.97 Å². The third kappa shape index (κ3) is 5.24. The highest BCUT2D eigenvalue weighted by Gasteiger charge is 2.19. The summed E-state index contributed by atoms with van der Waals surface area (Å²) in [5.74, 6) is 0.401. The van der Waals surface area contributed by atoms with Gasteiger partial charge in [0.2, 0.25) is 0 Å². The lowest BCUT2D eigenvalue weighted by molar-refractivity contribution is -0.137. The topological polar surface area (TPSA) is 87.2 Å². The number of carbonyl (C=O) groups excluding carboxylic acids is 2. The summed E-state index contributed by atoms with van der Waals surface area (Å²) in [6.07, 6.45) is 0.749. The molecule has 0 aliphatic carbocycles. The number of amides is 1. The number of thiazole rings is 1. The molecule has 0 fully saturated rings. The van der Waals surface area contributed by atoms with E-state index in [0.29, 0.717) is 22.9 Å². The lowest BCUT2D eigenvalue weighted by Crippen LogP contribution is -2.12. The van der Waals surface area contributed by atoms with Crippen molar-refractivity contribution >= 4 is 46.6 Å². The highest BCUT2D eigenvalue weighted by atomic mass is 35.5. The molecule has 30 heavy (non-hydrogen) atoms. The van der Waals surface area contributed by atoms with Crippen LogP contribution in [0.3, 0.4) is 0 Å². The maximum atomic E-state index is 11.9. The molecule has 1 aromatic carbocycles. The summed E-state index contributed by atoms with van der Waals surface area (Å²) in [6, 6.07) is 9.41. The molecule has 0 bridgehead atoms. The van der Waals surface area contributed by atoms with E-state index >= 15 is 0 Å². The number of hydrogen-bond donors (Lipinski definition) is 1. The van der Waals surface area contributed by atoms with Gasteiger partial charge in [0.25, 0.3) is 5.91 Å². The quantitative estimate of drug-likeness (QED) is 0.380. The summed E-state index contributed by atoms with van der Waals surface area (Å²) in [6.45, 7) is 2.38. The summed E-state index contributed by atoms with van der Waals surface area (Å²) in [5, 5.41) is 3.60. The lowest BCUT2D eigenvalue weighted by atomic mass is 10.2. The molecule has 0 unspecified atom stereocenters. The number of primary amides is 1. The molecule has 0 atom stereocenters. The van der Waals surface area contributed by atoms with Crippen LogP contribution in [-0.2, 0) is 22.5 Å². The Balaban J connectivity index is 1.84. The van der Waals surface area contributed by atoms with Gasteiger partial charge in [-0.3, -0.25) is 9.59 Å². The summed E-state index contributed by atoms with van der Waals surface area (Å²) >= 11 is 9.42. The molecule has 2 N–H and O–H groups in total. The molecule has 9 heteroatoms. The molecular formula is C21H22ClN3O3S2. The Morgan fingerprint density at radius 2 is 2.10 bits per heavy atom. The van der Waals surface area contributed by atoms with Crippen molar-refractivity contribution in [3.8, 4) is 11.4 Å². The van der Waals surface area contributed by atoms with Gasteiger partial charge in [0.05, 0.1) is 34.8 Å². The zero-order valence-corrected chi connectivity index (χ0v) is 19.1. The highest BCUT2D eigenvalue weighted by Crippen LogP contribution is 2.29. The van der Waals surface area contributed by atoms with Crippen molar-refractivity contribution in [3.63, 3.8) is 0 Å². The van der Waals surface area contributed by atoms with Crippen molar-refractivity contribution in [1.82, 2.24) is 9.55 Å². The van der Waals surface area contributed by atoms with Crippen LogP contribution in [0.2, 0.25) is 5.02 Å². The van der Waals surface area contributed by atoms with Crippen LogP contribution < -0.4 is 5.73 Å². The predicted octanol–water partition coefficient (Wildman–Crippen LogP) is 4.17. The molecule has 2 heterocycles. The molecule has 1 amide bonds. The summed E-state index contributed by atoms with van der Waals surface area (Å²) in [5.41, 5.74) is 9.40. The van der Waals surface area contributed by atoms with Crippen LogP contribution in [0.25, 0.3) is 11.4 Å². The van der Waals surface area contributed by atoms with E-state index in [4.69, 9.17) is 22.3 Å². The number of benzene rings is 1. The Kier molecular flexibility index (Phi) is 7.58. The van der Waals surface area contributed by atoms with Gasteiger partial charge in [-0.15, -0.1) is 23.1 Å². The number of carbonyl (C=O) groups is 2. The average molecular weight is 464 g/mol. The van der Waals surface area contributed by atoms with Gasteiger partial charge in [0.15, 0.2) is 0 Å². The first-order valence-corrected chi connectivity index (χ1v) is 11.6. The SMILES string of the molecule is COC(=O)CSCCc1nc(-c2cc(C(N)=O)c(C)n2Cc2ccccc2Cl)cs1. The Morgan fingerprint density at radius 3 is 2.80 bits per heavy atom. The minimum Gasteiger partial charge on any atom is -0.468 e. The van der Waals surface area contributed by atoms with E-state index in [1.165, 1.54) is 18.9 Å². The molecule has 0 aliphatic rings. The fraction of sp³-hybridized carbons (Fsp3) is 0.286. The number of methoxy groups -OCH3 is 1. The van der Waals surface area contributed by atoms with Gasteiger partial charge in [0, 0.05) is 34.8 Å². The second-order valence-corrected chi connectivity index (χ2v) is 9.03. The second kappa shape index (κ2) is 10.1. The first-order chi connectivity index (χ1) is 14.4. The maximum Gasteiger partial charge on any atom is 0.315 e. The number of nitrogens with zero attached hydrogens (tertiary/aromatic N) is 2. The summed E-state index contributed by atoms with van der Waals surface area (Å²) < 4.78 is 6.66. The molecule has 0 saturated carbocycles. The third-order valence-electron chi connectivity index (χ3n) is 4.64. The number of ether oxygens (including phenoxy) is 1. The van der Waals surface area contributed by atoms with E-state index < -0.39 is 5.91 Å². The van der Waals surface area contributed by atoms with Gasteiger partial charge in [-0.05, 0) is 24.6 Å². The minimum absolute atomic E-state index is 0.230. The Labute approximate surface area is 188 Å². The molecule has 0 aliphatic heterocycles. The molecule has 6 nitrogen and oxygen atoms in total. The Bertz CT molecular complexity index is 1060. The van der Waals surface area contributed by atoms with Crippen LogP contribution in [0.4, 0.5) is 0 Å². The fourth-order valence-electron chi connectivity index (χ4n) is 3.02. The zero-order chi connectivity index (χ0) is 21.7. The van der Waals surface area contributed by atoms with Crippen LogP contribution >= 0.6 is 34.7 Å². The Hall–Kier alpha value is -2.29. The van der Waals surface area contributed by atoms with E-state index in [1.54, 1.807) is 17.4 Å². The summed E-state index contributed by atoms with van der Waals surface area (Å²) in [4.78, 5) is 27.9. The van der Waals surface area contributed by atoms with E-state index in [9.17, 15) is 9.59 Å². The van der Waals surface area contributed by atoms with Crippen LogP contribution in [-0.4, -0.2) is 40.0 Å². The van der Waals surface area contributed by atoms with Crippen LogP contribution in [0, 0.1) is 6.92 Å². The smallest absolute Gasteiger partial charge is 0.315 e. The predicted molar refractivity (Wildman–Crippen MR) is 122 cm³/mol. The van der Waals surface area contributed by atoms with Gasteiger partial charge in [0.1, 0.15) is 0 Å². The van der Waals surface area contributed by atoms with Crippen molar-refractivity contribution in [2.75, 3.05) is 18.6 Å². The molecule has 2 aromatic heterocycles. The third-order valence-corrected chi connectivity index (χ3v) is 6.85. The van der Waals surface area contributed by atoms with E-state index in [-0.39, 0.29) is 5.97 Å². The zero-order valence-electron chi connectivity index (χ0n) is 16.7. The van der Waals surface area contributed by atoms with Crippen molar-refractivity contribution in [2.45, 2.75) is 19.9 Å². The first kappa shape index (κ1) is 22.4. The van der Waals surface area contributed by atoms with Gasteiger partial charge in [-0.1, -0.05) is 29.8 Å². The van der Waals surface area contributed by atoms with E-state index in [2.05, 4.69) is 4.74 Å². The number of rotatable bonds is 9. The van der Waals surface area contributed by atoms with E-state index in [0.717, 1.165) is 39.8 Å². The van der Waals surface area contributed by atoms with Gasteiger partial charge in [-0.25, -0.2) is 4.98 Å². The van der Waals surface area contributed by atoms with Crippen molar-refractivity contribution in [3.05, 3.63) is 62.6 Å². The Morgan fingerprint density at radius 1 is 1.33 bits per heavy atom. The average Bonchev–Trinajstić information content (AvgIpc) is 3.31. The summed E-state index contributed by atoms with van der Waals surface area (Å²) in [7, 11) is 1.38. The first-order valence-electron chi connectivity index (χ1n) is 9.23. The van der Waals surface area contributed by atoms with E-state index in [1.807, 2.05) is 41.1 Å². The number of aromatic nitrogens is 2. The lowest BCUT2D eigenvalue weighted by Gasteiger charge is -2.12. The molecule has 158 valence electrons. The van der Waals surface area contributed by atoms with Crippen molar-refractivity contribution < 1.29 is 14.3 Å². The molecule has 0 saturated heterocycles. The standard InChI is InChI=1S/C21H22ClN3O3S2/c1-13-15(21(23)27)9-18(25(13)10-14-5-3-4-6-16(14)22)17-11-30-19(24-17)7-8-29-12-20(26)28-2/h3-6,9,11H,7-8,10,12H2,1-2H3,(H2,23,27). The van der Waals surface area contributed by atoms with Crippen molar-refractivity contribution in [1.29, 1.82) is 0 Å². The molecule has 3 aromatic rings. The normalized spacial score (nSPS) is 10.9. The monoisotopic (exact) mass is 463 g/mol. The number of hydrogen-bond acceptors (Lipinski definition) is 6. The van der Waals surface area contributed by atoms with Crippen molar-refractivity contribution in [2.24, 2.45) is 5.73 Å². The van der Waals surface area contributed by atoms with Crippen LogP contribution in [0.1, 0.15) is 26.6 Å².